The van der Waals surface area contributed by atoms with Gasteiger partial charge in [0.05, 0.1) is 22.4 Å². The Hall–Kier alpha value is -2.92. The smallest absolute Gasteiger partial charge is 0.336 e. The highest BCUT2D eigenvalue weighted by Gasteiger charge is 2.33. The van der Waals surface area contributed by atoms with Crippen molar-refractivity contribution in [2.75, 3.05) is 0 Å². The van der Waals surface area contributed by atoms with E-state index in [2.05, 4.69) is 18.0 Å². The number of aromatic nitrogens is 3. The van der Waals surface area contributed by atoms with Gasteiger partial charge in [0.25, 0.3) is 0 Å². The molecule has 1 atom stereocenters. The Morgan fingerprint density at radius 2 is 2.00 bits per heavy atom. The van der Waals surface area contributed by atoms with Crippen molar-refractivity contribution < 1.29 is 5.11 Å². The number of aliphatic hydroxyl groups excluding tert-OH is 1. The number of aryl methyl sites for hydroxylation is 1. The van der Waals surface area contributed by atoms with Crippen molar-refractivity contribution in [3.8, 4) is 11.4 Å². The maximum absolute atomic E-state index is 13.3. The van der Waals surface area contributed by atoms with Crippen LogP contribution in [0.4, 0.5) is 0 Å². The maximum Gasteiger partial charge on any atom is 0.336 e. The molecular weight excluding hydrogens is 314 g/mol. The van der Waals surface area contributed by atoms with Crippen LogP contribution in [-0.4, -0.2) is 19.1 Å². The number of pyridine rings is 1. The second-order valence-corrected chi connectivity index (χ2v) is 6.47. The summed E-state index contributed by atoms with van der Waals surface area (Å²) in [6.07, 6.45) is 2.48. The van der Waals surface area contributed by atoms with Gasteiger partial charge < -0.3 is 5.11 Å². The van der Waals surface area contributed by atoms with Crippen LogP contribution in [0.2, 0.25) is 0 Å². The van der Waals surface area contributed by atoms with Gasteiger partial charge in [0.2, 0.25) is 0 Å². The van der Waals surface area contributed by atoms with Gasteiger partial charge in [0, 0.05) is 22.7 Å². The van der Waals surface area contributed by atoms with Gasteiger partial charge in [-0.15, -0.1) is 0 Å². The lowest BCUT2D eigenvalue weighted by Gasteiger charge is -2.14. The molecule has 1 unspecified atom stereocenters. The Morgan fingerprint density at radius 1 is 1.16 bits per heavy atom. The van der Waals surface area contributed by atoms with Gasteiger partial charge in [-0.3, -0.25) is 14.0 Å². The summed E-state index contributed by atoms with van der Waals surface area (Å²) in [5.41, 5.74) is 4.77. The quantitative estimate of drug-likeness (QED) is 0.614. The molecule has 0 amide bonds. The van der Waals surface area contributed by atoms with Crippen LogP contribution >= 0.6 is 0 Å². The topological polar surface area (TPSA) is 59.5 Å². The van der Waals surface area contributed by atoms with Crippen molar-refractivity contribution in [3.05, 3.63) is 70.3 Å². The largest absolute Gasteiger partial charge is 0.369 e. The first-order valence-corrected chi connectivity index (χ1v) is 8.53. The van der Waals surface area contributed by atoms with Crippen LogP contribution in [0.3, 0.4) is 0 Å². The molecule has 0 saturated heterocycles. The summed E-state index contributed by atoms with van der Waals surface area (Å²) in [5, 5.41) is 11.8. The number of aliphatic hydroxyl groups is 1. The number of hydrogen-bond acceptors (Lipinski definition) is 3. The molecule has 4 aromatic rings. The molecule has 1 aromatic carbocycles. The highest BCUT2D eigenvalue weighted by molar-refractivity contribution is 5.90. The van der Waals surface area contributed by atoms with E-state index in [-0.39, 0.29) is 5.69 Å². The van der Waals surface area contributed by atoms with Crippen molar-refractivity contribution in [3.63, 3.8) is 0 Å². The minimum Gasteiger partial charge on any atom is -0.369 e. The van der Waals surface area contributed by atoms with Crippen LogP contribution in [0.25, 0.3) is 27.8 Å². The Morgan fingerprint density at radius 3 is 2.84 bits per heavy atom. The first-order chi connectivity index (χ1) is 12.2. The fourth-order valence-electron chi connectivity index (χ4n) is 4.00. The normalized spacial score (nSPS) is 15.7. The lowest BCUT2D eigenvalue weighted by molar-refractivity contribution is 0.149. The zero-order valence-corrected chi connectivity index (χ0v) is 13.8. The molecule has 5 nitrogen and oxygen atoms in total. The highest BCUT2D eigenvalue weighted by atomic mass is 16.3. The van der Waals surface area contributed by atoms with Gasteiger partial charge in [-0.05, 0) is 24.6 Å². The minimum absolute atomic E-state index is 0.225. The molecule has 25 heavy (non-hydrogen) atoms. The first kappa shape index (κ1) is 14.4. The number of hydrogen-bond donors (Lipinski definition) is 1. The summed E-state index contributed by atoms with van der Waals surface area (Å²) in [5.74, 6) is 0. The number of rotatable bonds is 2. The lowest BCUT2D eigenvalue weighted by atomic mass is 10.0. The zero-order chi connectivity index (χ0) is 17.1. The van der Waals surface area contributed by atoms with E-state index < -0.39 is 6.23 Å². The zero-order valence-electron chi connectivity index (χ0n) is 13.8. The molecule has 0 spiro atoms. The van der Waals surface area contributed by atoms with Crippen LogP contribution in [0, 0.1) is 0 Å². The van der Waals surface area contributed by atoms with Crippen molar-refractivity contribution in [1.82, 2.24) is 14.0 Å². The molecule has 5 rings (SSSR count). The summed E-state index contributed by atoms with van der Waals surface area (Å²) in [6, 6.07) is 13.5. The lowest BCUT2D eigenvalue weighted by Crippen LogP contribution is -2.29. The standard InChI is InChI=1S/C20H17N3O2/c1-2-6-13-16-11-12-7-3-4-9-15(12)22(16)20(25)23-18(13)17-14(19(23)24)8-5-10-21-17/h3-5,7-11,19,24H,2,6H2,1H3. The minimum atomic E-state index is -0.993. The second kappa shape index (κ2) is 5.04. The van der Waals surface area contributed by atoms with E-state index in [1.165, 1.54) is 4.57 Å². The Kier molecular flexibility index (Phi) is 2.91. The first-order valence-electron chi connectivity index (χ1n) is 8.53. The number of nitrogens with zero attached hydrogens (tertiary/aromatic N) is 3. The maximum atomic E-state index is 13.3. The molecule has 1 N–H and O–H groups in total. The number of fused-ring (bicyclic) bond motifs is 6. The van der Waals surface area contributed by atoms with E-state index in [0.717, 1.165) is 40.5 Å². The highest BCUT2D eigenvalue weighted by Crippen LogP contribution is 2.39. The monoisotopic (exact) mass is 331 g/mol. The molecule has 0 fully saturated rings. The fraction of sp³-hybridized carbons (Fsp3) is 0.200. The van der Waals surface area contributed by atoms with Gasteiger partial charge in [0.15, 0.2) is 6.23 Å². The SMILES string of the molecule is CCCc1c2n(c(=O)n3c1cc1ccccc13)C(O)c1cccnc1-2. The molecule has 0 bridgehead atoms. The van der Waals surface area contributed by atoms with Crippen molar-refractivity contribution >= 4 is 16.4 Å². The third-order valence-electron chi connectivity index (χ3n) is 5.03. The average molecular weight is 331 g/mol. The predicted molar refractivity (Wildman–Crippen MR) is 96.7 cm³/mol. The molecule has 124 valence electrons. The van der Waals surface area contributed by atoms with Crippen LogP contribution in [0.15, 0.2) is 53.5 Å². The van der Waals surface area contributed by atoms with Crippen molar-refractivity contribution in [2.24, 2.45) is 0 Å². The molecule has 1 aliphatic heterocycles. The molecule has 3 aromatic heterocycles. The molecule has 0 aliphatic carbocycles. The van der Waals surface area contributed by atoms with Gasteiger partial charge in [-0.1, -0.05) is 37.6 Å². The van der Waals surface area contributed by atoms with E-state index in [0.29, 0.717) is 11.3 Å². The summed E-state index contributed by atoms with van der Waals surface area (Å²) in [4.78, 5) is 17.7. The molecule has 1 aliphatic rings. The third kappa shape index (κ3) is 1.76. The molecule has 4 heterocycles. The van der Waals surface area contributed by atoms with Gasteiger partial charge >= 0.3 is 5.69 Å². The molecule has 0 saturated carbocycles. The van der Waals surface area contributed by atoms with Gasteiger partial charge in [-0.25, -0.2) is 4.79 Å². The van der Waals surface area contributed by atoms with Crippen LogP contribution in [-0.2, 0) is 6.42 Å². The second-order valence-electron chi connectivity index (χ2n) is 6.47. The summed E-state index contributed by atoms with van der Waals surface area (Å²) in [7, 11) is 0. The molecular formula is C20H17N3O2. The summed E-state index contributed by atoms with van der Waals surface area (Å²) < 4.78 is 3.21. The average Bonchev–Trinajstić information content (AvgIpc) is 3.16. The van der Waals surface area contributed by atoms with Gasteiger partial charge in [0.1, 0.15) is 0 Å². The Balaban J connectivity index is 2.03. The predicted octanol–water partition coefficient (Wildman–Crippen LogP) is 3.12. The van der Waals surface area contributed by atoms with E-state index in [9.17, 15) is 9.90 Å². The van der Waals surface area contributed by atoms with Crippen LogP contribution in [0.1, 0.15) is 30.7 Å². The fourth-order valence-corrected chi connectivity index (χ4v) is 4.00. The van der Waals surface area contributed by atoms with Crippen molar-refractivity contribution in [2.45, 2.75) is 26.0 Å². The Bertz CT molecular complexity index is 1200. The molecule has 5 heteroatoms. The molecule has 0 radical (unpaired) electrons. The van der Waals surface area contributed by atoms with E-state index in [1.54, 1.807) is 16.7 Å². The van der Waals surface area contributed by atoms with E-state index >= 15 is 0 Å². The Labute approximate surface area is 143 Å². The van der Waals surface area contributed by atoms with Gasteiger partial charge in [-0.2, -0.15) is 0 Å². The summed E-state index contributed by atoms with van der Waals surface area (Å²) in [6.45, 7) is 2.12. The number of para-hydroxylation sites is 1. The summed E-state index contributed by atoms with van der Waals surface area (Å²) >= 11 is 0. The number of benzene rings is 1. The van der Waals surface area contributed by atoms with Crippen LogP contribution < -0.4 is 5.69 Å². The van der Waals surface area contributed by atoms with Crippen molar-refractivity contribution in [1.29, 1.82) is 0 Å². The van der Waals surface area contributed by atoms with E-state index in [4.69, 9.17) is 0 Å². The van der Waals surface area contributed by atoms with Crippen LogP contribution in [0.5, 0.6) is 0 Å². The third-order valence-corrected chi connectivity index (χ3v) is 5.03. The van der Waals surface area contributed by atoms with E-state index in [1.807, 2.05) is 30.3 Å².